The van der Waals surface area contributed by atoms with E-state index in [-0.39, 0.29) is 37.0 Å². The minimum Gasteiger partial charge on any atom is -0.481 e. The van der Waals surface area contributed by atoms with Crippen molar-refractivity contribution in [2.24, 2.45) is 11.8 Å². The van der Waals surface area contributed by atoms with Crippen molar-refractivity contribution in [2.75, 3.05) is 23.8 Å². The second-order valence-corrected chi connectivity index (χ2v) is 11.3. The fourth-order valence-corrected chi connectivity index (χ4v) is 7.18. The van der Waals surface area contributed by atoms with Gasteiger partial charge in [0.15, 0.2) is 5.75 Å². The number of carbonyl (C=O) groups excluding carboxylic acids is 2. The Hall–Kier alpha value is -2.51. The van der Waals surface area contributed by atoms with Crippen LogP contribution in [0.3, 0.4) is 0 Å². The molecule has 5 rings (SSSR count). The zero-order valence-electron chi connectivity index (χ0n) is 20.0. The molecule has 3 aliphatic rings. The number of ether oxygens (including phenoxy) is 1. The second kappa shape index (κ2) is 9.80. The molecule has 0 saturated carbocycles. The number of aliphatic carboxylic acids is 1. The van der Waals surface area contributed by atoms with Gasteiger partial charge in [-0.25, -0.2) is 8.78 Å². The predicted molar refractivity (Wildman–Crippen MR) is 138 cm³/mol. The third kappa shape index (κ3) is 4.27. The number of rotatable bonds is 5. The van der Waals surface area contributed by atoms with Gasteiger partial charge < -0.3 is 20.1 Å². The Morgan fingerprint density at radius 2 is 1.75 bits per heavy atom. The third-order valence-electron chi connectivity index (χ3n) is 7.50. The average molecular weight is 645 g/mol. The highest BCUT2D eigenvalue weighted by Crippen LogP contribution is 2.61. The number of anilines is 2. The molecular formula is C24H17Cl4F4N3O5. The molecule has 1 spiro atoms. The molecule has 4 atom stereocenters. The SMILES string of the molecule is CN(C(=O)[C@H]1[C@H]2CC(F)(F)CN2C2(C(=O)Nc3c(Cl)cc(Cl)cc32)[C@H]1C(=O)O)c1cc(Cl)c(OC(F)F)c(Cl)c1. The summed E-state index contributed by atoms with van der Waals surface area (Å²) in [6.07, 6.45) is -0.914. The van der Waals surface area contributed by atoms with E-state index in [1.165, 1.54) is 19.2 Å². The lowest BCUT2D eigenvalue weighted by Crippen LogP contribution is -2.54. The van der Waals surface area contributed by atoms with Crippen LogP contribution in [0.2, 0.25) is 20.1 Å². The Balaban J connectivity index is 1.65. The summed E-state index contributed by atoms with van der Waals surface area (Å²) >= 11 is 24.5. The smallest absolute Gasteiger partial charge is 0.387 e. The van der Waals surface area contributed by atoms with Crippen LogP contribution in [0.25, 0.3) is 0 Å². The van der Waals surface area contributed by atoms with E-state index < -0.39 is 72.4 Å². The summed E-state index contributed by atoms with van der Waals surface area (Å²) in [5.41, 5.74) is -2.34. The minimum atomic E-state index is -3.37. The number of nitrogens with zero attached hydrogens (tertiary/aromatic N) is 2. The van der Waals surface area contributed by atoms with Gasteiger partial charge in [0.25, 0.3) is 11.8 Å². The molecule has 2 N–H and O–H groups in total. The lowest BCUT2D eigenvalue weighted by molar-refractivity contribution is -0.153. The molecule has 16 heteroatoms. The number of alkyl halides is 4. The van der Waals surface area contributed by atoms with Crippen LogP contribution in [-0.4, -0.2) is 60.0 Å². The van der Waals surface area contributed by atoms with Gasteiger partial charge in [0.05, 0.1) is 33.2 Å². The fourth-order valence-electron chi connectivity index (χ4n) is 6.07. The molecule has 2 fully saturated rings. The van der Waals surface area contributed by atoms with Crippen LogP contribution in [0.1, 0.15) is 12.0 Å². The maximum absolute atomic E-state index is 14.9. The molecular weight excluding hydrogens is 628 g/mol. The van der Waals surface area contributed by atoms with E-state index in [0.29, 0.717) is 0 Å². The van der Waals surface area contributed by atoms with Gasteiger partial charge in [0, 0.05) is 35.8 Å². The van der Waals surface area contributed by atoms with Crippen LogP contribution in [0, 0.1) is 11.8 Å². The summed E-state index contributed by atoms with van der Waals surface area (Å²) in [5, 5.41) is 12.1. The first-order chi connectivity index (χ1) is 18.6. The number of amides is 2. The number of benzene rings is 2. The Morgan fingerprint density at radius 1 is 1.12 bits per heavy atom. The summed E-state index contributed by atoms with van der Waals surface area (Å²) in [5.74, 6) is -11.0. The van der Waals surface area contributed by atoms with E-state index in [4.69, 9.17) is 46.4 Å². The van der Waals surface area contributed by atoms with E-state index in [9.17, 15) is 37.1 Å². The first kappa shape index (κ1) is 29.0. The topological polar surface area (TPSA) is 99.2 Å². The summed E-state index contributed by atoms with van der Waals surface area (Å²) in [6.45, 7) is -4.26. The van der Waals surface area contributed by atoms with Crippen molar-refractivity contribution < 1.29 is 41.8 Å². The van der Waals surface area contributed by atoms with Gasteiger partial charge in [0.2, 0.25) is 5.91 Å². The summed E-state index contributed by atoms with van der Waals surface area (Å²) in [7, 11) is 1.20. The molecule has 0 aliphatic carbocycles. The Labute approximate surface area is 243 Å². The number of nitrogens with one attached hydrogen (secondary N) is 1. The van der Waals surface area contributed by atoms with Gasteiger partial charge >= 0.3 is 12.6 Å². The highest BCUT2D eigenvalue weighted by molar-refractivity contribution is 6.38. The third-order valence-corrected chi connectivity index (χ3v) is 8.57. The summed E-state index contributed by atoms with van der Waals surface area (Å²) in [4.78, 5) is 42.4. The minimum absolute atomic E-state index is 0.00548. The molecule has 0 bridgehead atoms. The average Bonchev–Trinajstić information content (AvgIpc) is 3.41. The van der Waals surface area contributed by atoms with Crippen molar-refractivity contribution in [2.45, 2.75) is 30.5 Å². The van der Waals surface area contributed by atoms with Crippen LogP contribution in [0.5, 0.6) is 5.75 Å². The molecule has 2 aromatic rings. The highest BCUT2D eigenvalue weighted by Gasteiger charge is 2.74. The van der Waals surface area contributed by atoms with Crippen LogP contribution in [0.4, 0.5) is 28.9 Å². The molecule has 3 heterocycles. The van der Waals surface area contributed by atoms with Crippen molar-refractivity contribution in [1.29, 1.82) is 0 Å². The molecule has 2 saturated heterocycles. The van der Waals surface area contributed by atoms with E-state index in [1.54, 1.807) is 0 Å². The van der Waals surface area contributed by atoms with Gasteiger partial charge in [-0.3, -0.25) is 19.3 Å². The largest absolute Gasteiger partial charge is 0.481 e. The van der Waals surface area contributed by atoms with Crippen molar-refractivity contribution in [3.63, 3.8) is 0 Å². The normalized spacial score (nSPS) is 26.6. The molecule has 0 radical (unpaired) electrons. The maximum Gasteiger partial charge on any atom is 0.387 e. The zero-order chi connectivity index (χ0) is 29.5. The molecule has 0 aromatic heterocycles. The van der Waals surface area contributed by atoms with Crippen molar-refractivity contribution in [3.8, 4) is 5.75 Å². The van der Waals surface area contributed by atoms with E-state index >= 15 is 0 Å². The van der Waals surface area contributed by atoms with Gasteiger partial charge in [0.1, 0.15) is 11.5 Å². The van der Waals surface area contributed by atoms with Crippen LogP contribution in [0.15, 0.2) is 24.3 Å². The molecule has 2 aromatic carbocycles. The first-order valence-electron chi connectivity index (χ1n) is 11.5. The fraction of sp³-hybridized carbons (Fsp3) is 0.375. The van der Waals surface area contributed by atoms with Gasteiger partial charge in [-0.2, -0.15) is 8.78 Å². The monoisotopic (exact) mass is 643 g/mol. The highest BCUT2D eigenvalue weighted by atomic mass is 35.5. The molecule has 8 nitrogen and oxygen atoms in total. The number of fused-ring (bicyclic) bond motifs is 4. The maximum atomic E-state index is 14.9. The van der Waals surface area contributed by atoms with E-state index in [0.717, 1.165) is 21.9 Å². The molecule has 3 aliphatic heterocycles. The van der Waals surface area contributed by atoms with E-state index in [1.807, 2.05) is 0 Å². The van der Waals surface area contributed by atoms with Crippen molar-refractivity contribution >= 4 is 75.6 Å². The Morgan fingerprint density at radius 3 is 2.33 bits per heavy atom. The molecule has 1 unspecified atom stereocenters. The number of carboxylic acid groups (broad SMARTS) is 1. The number of hydrogen-bond donors (Lipinski definition) is 2. The van der Waals surface area contributed by atoms with Gasteiger partial charge in [-0.1, -0.05) is 46.4 Å². The van der Waals surface area contributed by atoms with Crippen LogP contribution >= 0.6 is 46.4 Å². The zero-order valence-corrected chi connectivity index (χ0v) is 23.1. The summed E-state index contributed by atoms with van der Waals surface area (Å²) < 4.78 is 59.6. The predicted octanol–water partition coefficient (Wildman–Crippen LogP) is 5.75. The lowest BCUT2D eigenvalue weighted by atomic mass is 9.73. The van der Waals surface area contributed by atoms with Crippen LogP contribution in [-0.2, 0) is 19.9 Å². The molecule has 40 heavy (non-hydrogen) atoms. The number of carbonyl (C=O) groups is 3. The number of halogens is 8. The first-order valence-corrected chi connectivity index (χ1v) is 13.0. The Bertz CT molecular complexity index is 1440. The number of hydrogen-bond acceptors (Lipinski definition) is 5. The van der Waals surface area contributed by atoms with Gasteiger partial charge in [-0.05, 0) is 24.3 Å². The van der Waals surface area contributed by atoms with E-state index in [2.05, 4.69) is 10.1 Å². The second-order valence-electron chi connectivity index (χ2n) is 9.64. The Kier molecular flexibility index (Phi) is 7.10. The molecule has 214 valence electrons. The van der Waals surface area contributed by atoms with Crippen LogP contribution < -0.4 is 15.0 Å². The van der Waals surface area contributed by atoms with Gasteiger partial charge in [-0.15, -0.1) is 0 Å². The van der Waals surface area contributed by atoms with Crippen molar-refractivity contribution in [3.05, 3.63) is 49.9 Å². The quantitative estimate of drug-likeness (QED) is 0.402. The van der Waals surface area contributed by atoms with Crippen molar-refractivity contribution in [1.82, 2.24) is 4.90 Å². The number of carboxylic acids is 1. The molecule has 2 amide bonds. The summed E-state index contributed by atoms with van der Waals surface area (Å²) in [6, 6.07) is 3.31. The standard InChI is InChI=1S/C24H17Cl4F4N3O5/c1-34(9-4-12(27)18(13(28)5-9)40-22(29)30)19(36)15-14-6-23(31,32)7-35(14)24(16(15)20(37)38)10-2-8(25)3-11(26)17(10)33-21(24)39/h2-5,14-16,22H,6-7H2,1H3,(H,33,39)(H,37,38)/t14-,15+,16-,24?/m1/s1. The lowest BCUT2D eigenvalue weighted by Gasteiger charge is -2.36.